The minimum absolute atomic E-state index is 0.0787. The predicted molar refractivity (Wildman–Crippen MR) is 125 cm³/mol. The van der Waals surface area contributed by atoms with Crippen molar-refractivity contribution in [1.82, 2.24) is 14.5 Å². The molecule has 0 aliphatic rings. The number of rotatable bonds is 9. The van der Waals surface area contributed by atoms with Gasteiger partial charge in [-0.05, 0) is 57.9 Å². The molecular formula is C24H33N3O4S. The van der Waals surface area contributed by atoms with E-state index >= 15 is 0 Å². The zero-order chi connectivity index (χ0) is 24.1. The minimum atomic E-state index is -3.85. The second-order valence-corrected chi connectivity index (χ2v) is 10.4. The number of carbonyl (C=O) groups excluding carboxylic acids is 2. The number of hydrogen-bond acceptors (Lipinski definition) is 4. The van der Waals surface area contributed by atoms with Crippen molar-refractivity contribution in [2.75, 3.05) is 13.6 Å². The Morgan fingerprint density at radius 3 is 2.12 bits per heavy atom. The summed E-state index contributed by atoms with van der Waals surface area (Å²) in [5.74, 6) is -0.733. The molecule has 2 aromatic carbocycles. The fourth-order valence-electron chi connectivity index (χ4n) is 3.22. The van der Waals surface area contributed by atoms with Gasteiger partial charge in [0.15, 0.2) is 0 Å². The first-order chi connectivity index (χ1) is 14.9. The van der Waals surface area contributed by atoms with Crippen LogP contribution in [0.5, 0.6) is 0 Å². The highest BCUT2D eigenvalue weighted by Gasteiger charge is 2.30. The summed E-state index contributed by atoms with van der Waals surface area (Å²) < 4.78 is 26.9. The molecule has 0 aliphatic heterocycles. The molecule has 0 saturated heterocycles. The van der Waals surface area contributed by atoms with Crippen molar-refractivity contribution in [2.45, 2.75) is 58.1 Å². The van der Waals surface area contributed by atoms with Crippen LogP contribution in [0.1, 0.15) is 37.5 Å². The van der Waals surface area contributed by atoms with E-state index < -0.39 is 22.0 Å². The molecule has 1 atom stereocenters. The lowest BCUT2D eigenvalue weighted by atomic mass is 10.1. The van der Waals surface area contributed by atoms with Gasteiger partial charge < -0.3 is 10.2 Å². The third-order valence-corrected chi connectivity index (χ3v) is 7.10. The smallest absolute Gasteiger partial charge is 0.243 e. The van der Waals surface area contributed by atoms with Crippen LogP contribution >= 0.6 is 0 Å². The van der Waals surface area contributed by atoms with Gasteiger partial charge >= 0.3 is 0 Å². The number of amides is 2. The summed E-state index contributed by atoms with van der Waals surface area (Å²) in [6.45, 7) is 8.99. The number of likely N-dealkylation sites (N-methyl/N-ethyl adjacent to an activating group) is 1. The van der Waals surface area contributed by atoms with Gasteiger partial charge in [-0.3, -0.25) is 9.59 Å². The maximum absolute atomic E-state index is 13.3. The molecule has 0 saturated carbocycles. The van der Waals surface area contributed by atoms with Crippen LogP contribution in [0.4, 0.5) is 0 Å². The first kappa shape index (κ1) is 25.5. The van der Waals surface area contributed by atoms with Crippen molar-refractivity contribution in [3.63, 3.8) is 0 Å². The van der Waals surface area contributed by atoms with Crippen LogP contribution < -0.4 is 5.32 Å². The molecule has 2 amide bonds. The van der Waals surface area contributed by atoms with Gasteiger partial charge in [0.25, 0.3) is 0 Å². The monoisotopic (exact) mass is 459 g/mol. The summed E-state index contributed by atoms with van der Waals surface area (Å²) in [5, 5.41) is 2.83. The lowest BCUT2D eigenvalue weighted by Crippen LogP contribution is -2.51. The van der Waals surface area contributed by atoms with Crippen molar-refractivity contribution >= 4 is 21.8 Å². The summed E-state index contributed by atoms with van der Waals surface area (Å²) in [4.78, 5) is 27.5. The number of aryl methyl sites for hydroxylation is 2. The molecule has 2 rings (SSSR count). The molecule has 0 bridgehead atoms. The van der Waals surface area contributed by atoms with Crippen LogP contribution in [-0.2, 0) is 26.2 Å². The summed E-state index contributed by atoms with van der Waals surface area (Å²) >= 11 is 0. The standard InChI is InChI=1S/C24H33N3O4S/c1-17(2)25-24(29)20(5)27(15-21-10-8-7-9-19(21)4)23(28)16-26(6)32(30,31)22-13-11-18(3)12-14-22/h7-14,17,20H,15-16H2,1-6H3,(H,25,29)/t20-/m1/s1. The Balaban J connectivity index is 2.29. The maximum Gasteiger partial charge on any atom is 0.243 e. The molecular weight excluding hydrogens is 426 g/mol. The van der Waals surface area contributed by atoms with Gasteiger partial charge in [0, 0.05) is 19.6 Å². The van der Waals surface area contributed by atoms with Crippen LogP contribution in [0.2, 0.25) is 0 Å². The summed E-state index contributed by atoms with van der Waals surface area (Å²) in [6.07, 6.45) is 0. The highest BCUT2D eigenvalue weighted by molar-refractivity contribution is 7.89. The fourth-order valence-corrected chi connectivity index (χ4v) is 4.34. The lowest BCUT2D eigenvalue weighted by Gasteiger charge is -2.31. The van der Waals surface area contributed by atoms with Gasteiger partial charge in [0.1, 0.15) is 6.04 Å². The molecule has 174 valence electrons. The predicted octanol–water partition coefficient (Wildman–Crippen LogP) is 2.87. The Kier molecular flexibility index (Phi) is 8.58. The van der Waals surface area contributed by atoms with Crippen molar-refractivity contribution in [3.8, 4) is 0 Å². The number of carbonyl (C=O) groups is 2. The average molecular weight is 460 g/mol. The van der Waals surface area contributed by atoms with E-state index in [9.17, 15) is 18.0 Å². The Bertz CT molecular complexity index is 1050. The highest BCUT2D eigenvalue weighted by Crippen LogP contribution is 2.17. The highest BCUT2D eigenvalue weighted by atomic mass is 32.2. The van der Waals surface area contributed by atoms with E-state index in [1.54, 1.807) is 19.1 Å². The summed E-state index contributed by atoms with van der Waals surface area (Å²) in [5.41, 5.74) is 2.83. The topological polar surface area (TPSA) is 86.8 Å². The minimum Gasteiger partial charge on any atom is -0.352 e. The van der Waals surface area contributed by atoms with Gasteiger partial charge in [-0.25, -0.2) is 8.42 Å². The normalized spacial score (nSPS) is 12.6. The van der Waals surface area contributed by atoms with E-state index in [4.69, 9.17) is 0 Å². The zero-order valence-corrected chi connectivity index (χ0v) is 20.4. The fraction of sp³-hybridized carbons (Fsp3) is 0.417. The van der Waals surface area contributed by atoms with Gasteiger partial charge in [0.2, 0.25) is 21.8 Å². The number of sulfonamides is 1. The van der Waals surface area contributed by atoms with E-state index in [-0.39, 0.29) is 29.9 Å². The quantitative estimate of drug-likeness (QED) is 0.625. The van der Waals surface area contributed by atoms with Crippen molar-refractivity contribution in [3.05, 3.63) is 65.2 Å². The van der Waals surface area contributed by atoms with E-state index in [2.05, 4.69) is 5.32 Å². The second-order valence-electron chi connectivity index (χ2n) is 8.36. The third-order valence-electron chi connectivity index (χ3n) is 5.29. The molecule has 0 radical (unpaired) electrons. The molecule has 0 unspecified atom stereocenters. The Hall–Kier alpha value is -2.71. The Morgan fingerprint density at radius 1 is 0.969 bits per heavy atom. The molecule has 0 fully saturated rings. The van der Waals surface area contributed by atoms with Gasteiger partial charge in [-0.15, -0.1) is 0 Å². The molecule has 0 heterocycles. The molecule has 32 heavy (non-hydrogen) atoms. The number of hydrogen-bond donors (Lipinski definition) is 1. The van der Waals surface area contributed by atoms with E-state index in [0.29, 0.717) is 0 Å². The van der Waals surface area contributed by atoms with Crippen LogP contribution in [0.25, 0.3) is 0 Å². The van der Waals surface area contributed by atoms with Crippen molar-refractivity contribution < 1.29 is 18.0 Å². The van der Waals surface area contributed by atoms with Crippen LogP contribution in [0, 0.1) is 13.8 Å². The average Bonchev–Trinajstić information content (AvgIpc) is 2.72. The molecule has 7 nitrogen and oxygen atoms in total. The lowest BCUT2D eigenvalue weighted by molar-refractivity contribution is -0.140. The SMILES string of the molecule is Cc1ccc(S(=O)(=O)N(C)CC(=O)N(Cc2ccccc2C)[C@H](C)C(=O)NC(C)C)cc1. The van der Waals surface area contributed by atoms with Crippen LogP contribution in [-0.4, -0.2) is 55.1 Å². The summed E-state index contributed by atoms with van der Waals surface area (Å²) in [7, 11) is -2.47. The second kappa shape index (κ2) is 10.7. The Morgan fingerprint density at radius 2 is 1.56 bits per heavy atom. The zero-order valence-electron chi connectivity index (χ0n) is 19.6. The third kappa shape index (κ3) is 6.40. The molecule has 0 aromatic heterocycles. The van der Waals surface area contributed by atoms with Crippen molar-refractivity contribution in [1.29, 1.82) is 0 Å². The van der Waals surface area contributed by atoms with E-state index in [1.165, 1.54) is 24.1 Å². The number of nitrogens with zero attached hydrogens (tertiary/aromatic N) is 2. The first-order valence-electron chi connectivity index (χ1n) is 10.6. The number of nitrogens with one attached hydrogen (secondary N) is 1. The molecule has 1 N–H and O–H groups in total. The summed E-state index contributed by atoms with van der Waals surface area (Å²) in [6, 6.07) is 13.2. The molecule has 8 heteroatoms. The molecule has 0 spiro atoms. The number of benzene rings is 2. The van der Waals surface area contributed by atoms with Crippen LogP contribution in [0.15, 0.2) is 53.4 Å². The van der Waals surface area contributed by atoms with E-state index in [0.717, 1.165) is 21.0 Å². The van der Waals surface area contributed by atoms with Crippen molar-refractivity contribution in [2.24, 2.45) is 0 Å². The maximum atomic E-state index is 13.3. The molecule has 2 aromatic rings. The molecule has 0 aliphatic carbocycles. The van der Waals surface area contributed by atoms with Crippen LogP contribution in [0.3, 0.4) is 0 Å². The van der Waals surface area contributed by atoms with Gasteiger partial charge in [0.05, 0.1) is 11.4 Å². The van der Waals surface area contributed by atoms with Gasteiger partial charge in [-0.2, -0.15) is 4.31 Å². The largest absolute Gasteiger partial charge is 0.352 e. The first-order valence-corrected chi connectivity index (χ1v) is 12.0. The Labute approximate surface area is 191 Å². The van der Waals surface area contributed by atoms with Gasteiger partial charge in [-0.1, -0.05) is 42.0 Å². The van der Waals surface area contributed by atoms with E-state index in [1.807, 2.05) is 52.0 Å².